The molecule has 0 saturated heterocycles. The standard InChI is InChI=1S/C22H20N2O6S/c1-29-20-12-11-16(22(26)30-2)14-19(20)23-21(25)15-7-6-10-18(13-15)31(27,28)24-17-8-4-3-5-9-17/h3-14,24H,1-2H3,(H,23,25). The Hall–Kier alpha value is -3.85. The highest BCUT2D eigenvalue weighted by molar-refractivity contribution is 7.92. The Labute approximate surface area is 179 Å². The van der Waals surface area contributed by atoms with Gasteiger partial charge in [-0.2, -0.15) is 0 Å². The van der Waals surface area contributed by atoms with Crippen LogP contribution in [0.15, 0.2) is 77.7 Å². The van der Waals surface area contributed by atoms with Gasteiger partial charge >= 0.3 is 5.97 Å². The number of rotatable bonds is 7. The molecule has 0 aliphatic rings. The maximum absolute atomic E-state index is 12.8. The lowest BCUT2D eigenvalue weighted by molar-refractivity contribution is 0.0600. The van der Waals surface area contributed by atoms with E-state index in [2.05, 4.69) is 10.0 Å². The average molecular weight is 440 g/mol. The Kier molecular flexibility index (Phi) is 6.56. The topological polar surface area (TPSA) is 111 Å². The summed E-state index contributed by atoms with van der Waals surface area (Å²) in [4.78, 5) is 24.5. The van der Waals surface area contributed by atoms with Gasteiger partial charge in [-0.25, -0.2) is 13.2 Å². The summed E-state index contributed by atoms with van der Waals surface area (Å²) in [5.41, 5.74) is 0.983. The third-order valence-electron chi connectivity index (χ3n) is 4.30. The highest BCUT2D eigenvalue weighted by Gasteiger charge is 2.18. The zero-order valence-corrected chi connectivity index (χ0v) is 17.6. The highest BCUT2D eigenvalue weighted by atomic mass is 32.2. The molecule has 9 heteroatoms. The fourth-order valence-electron chi connectivity index (χ4n) is 2.77. The number of hydrogen-bond donors (Lipinski definition) is 2. The summed E-state index contributed by atoms with van der Waals surface area (Å²) in [5.74, 6) is -0.814. The Morgan fingerprint density at radius 1 is 0.839 bits per heavy atom. The maximum Gasteiger partial charge on any atom is 0.337 e. The van der Waals surface area contributed by atoms with Gasteiger partial charge in [0.15, 0.2) is 0 Å². The minimum atomic E-state index is -3.89. The van der Waals surface area contributed by atoms with Crippen LogP contribution >= 0.6 is 0 Å². The Bertz CT molecular complexity index is 1210. The van der Waals surface area contributed by atoms with E-state index in [0.29, 0.717) is 11.4 Å². The average Bonchev–Trinajstić information content (AvgIpc) is 2.79. The Morgan fingerprint density at radius 2 is 1.58 bits per heavy atom. The number of amides is 1. The second-order valence-corrected chi connectivity index (χ2v) is 8.04. The number of anilines is 2. The molecule has 31 heavy (non-hydrogen) atoms. The molecule has 0 aromatic heterocycles. The molecule has 0 bridgehead atoms. The van der Waals surface area contributed by atoms with Crippen molar-refractivity contribution in [2.75, 3.05) is 24.3 Å². The van der Waals surface area contributed by atoms with Gasteiger partial charge in [-0.15, -0.1) is 0 Å². The lowest BCUT2D eigenvalue weighted by Gasteiger charge is -2.12. The van der Waals surface area contributed by atoms with Crippen molar-refractivity contribution >= 4 is 33.3 Å². The molecule has 0 saturated carbocycles. The van der Waals surface area contributed by atoms with Gasteiger partial charge in [0, 0.05) is 11.3 Å². The molecular formula is C22H20N2O6S. The first kappa shape index (κ1) is 21.8. The predicted molar refractivity (Wildman–Crippen MR) is 116 cm³/mol. The van der Waals surface area contributed by atoms with Crippen molar-refractivity contribution in [1.29, 1.82) is 0 Å². The highest BCUT2D eigenvalue weighted by Crippen LogP contribution is 2.27. The second kappa shape index (κ2) is 9.31. The fourth-order valence-corrected chi connectivity index (χ4v) is 3.87. The lowest BCUT2D eigenvalue weighted by Crippen LogP contribution is -2.16. The van der Waals surface area contributed by atoms with Crippen LogP contribution in [0, 0.1) is 0 Å². The number of hydrogen-bond acceptors (Lipinski definition) is 6. The number of sulfonamides is 1. The van der Waals surface area contributed by atoms with E-state index < -0.39 is 21.9 Å². The summed E-state index contributed by atoms with van der Waals surface area (Å²) in [6.45, 7) is 0. The number of para-hydroxylation sites is 1. The number of nitrogens with one attached hydrogen (secondary N) is 2. The summed E-state index contributed by atoms with van der Waals surface area (Å²) in [6, 6.07) is 18.5. The minimum Gasteiger partial charge on any atom is -0.495 e. The van der Waals surface area contributed by atoms with E-state index in [4.69, 9.17) is 9.47 Å². The normalized spacial score (nSPS) is 10.8. The van der Waals surface area contributed by atoms with Gasteiger partial charge in [-0.1, -0.05) is 24.3 Å². The molecular weight excluding hydrogens is 420 g/mol. The summed E-state index contributed by atoms with van der Waals surface area (Å²) in [7, 11) is -1.22. The van der Waals surface area contributed by atoms with Crippen molar-refractivity contribution in [3.63, 3.8) is 0 Å². The largest absolute Gasteiger partial charge is 0.495 e. The van der Waals surface area contributed by atoms with Crippen LogP contribution in [0.2, 0.25) is 0 Å². The van der Waals surface area contributed by atoms with E-state index in [1.807, 2.05) is 0 Å². The van der Waals surface area contributed by atoms with Gasteiger partial charge in [0.2, 0.25) is 0 Å². The number of benzene rings is 3. The first-order valence-electron chi connectivity index (χ1n) is 9.09. The van der Waals surface area contributed by atoms with Crippen molar-refractivity contribution in [2.24, 2.45) is 0 Å². The van der Waals surface area contributed by atoms with E-state index in [-0.39, 0.29) is 21.7 Å². The molecule has 0 aliphatic heterocycles. The molecule has 0 fully saturated rings. The summed E-state index contributed by atoms with van der Waals surface area (Å²) in [5, 5.41) is 2.64. The van der Waals surface area contributed by atoms with Crippen molar-refractivity contribution in [3.05, 3.63) is 83.9 Å². The predicted octanol–water partition coefficient (Wildman–Crippen LogP) is 3.53. The van der Waals surface area contributed by atoms with E-state index >= 15 is 0 Å². The van der Waals surface area contributed by atoms with Crippen LogP contribution in [0.4, 0.5) is 11.4 Å². The molecule has 0 spiro atoms. The van der Waals surface area contributed by atoms with Crippen molar-refractivity contribution in [3.8, 4) is 5.75 Å². The van der Waals surface area contributed by atoms with Gasteiger partial charge in [0.05, 0.1) is 30.4 Å². The number of esters is 1. The first-order valence-corrected chi connectivity index (χ1v) is 10.6. The number of carbonyl (C=O) groups excluding carboxylic acids is 2. The van der Waals surface area contributed by atoms with Crippen molar-refractivity contribution < 1.29 is 27.5 Å². The number of ether oxygens (including phenoxy) is 2. The molecule has 3 aromatic carbocycles. The molecule has 0 heterocycles. The summed E-state index contributed by atoms with van der Waals surface area (Å²) >= 11 is 0. The fraction of sp³-hybridized carbons (Fsp3) is 0.0909. The Morgan fingerprint density at radius 3 is 2.26 bits per heavy atom. The van der Waals surface area contributed by atoms with Crippen LogP contribution < -0.4 is 14.8 Å². The number of methoxy groups -OCH3 is 2. The van der Waals surface area contributed by atoms with Gasteiger partial charge in [0.1, 0.15) is 5.75 Å². The second-order valence-electron chi connectivity index (χ2n) is 6.36. The van der Waals surface area contributed by atoms with Crippen LogP contribution in [0.5, 0.6) is 5.75 Å². The van der Waals surface area contributed by atoms with E-state index in [1.54, 1.807) is 30.3 Å². The third kappa shape index (κ3) is 5.20. The van der Waals surface area contributed by atoms with Crippen molar-refractivity contribution in [2.45, 2.75) is 4.90 Å². The minimum absolute atomic E-state index is 0.0701. The molecule has 1 amide bonds. The van der Waals surface area contributed by atoms with Crippen LogP contribution in [0.3, 0.4) is 0 Å². The molecule has 3 rings (SSSR count). The van der Waals surface area contributed by atoms with Gasteiger partial charge in [-0.05, 0) is 48.5 Å². The quantitative estimate of drug-likeness (QED) is 0.544. The number of carbonyl (C=O) groups is 2. The molecule has 0 aliphatic carbocycles. The van der Waals surface area contributed by atoms with Gasteiger partial charge in [-0.3, -0.25) is 9.52 Å². The van der Waals surface area contributed by atoms with Crippen LogP contribution in [0.1, 0.15) is 20.7 Å². The molecule has 0 unspecified atom stereocenters. The molecule has 160 valence electrons. The zero-order valence-electron chi connectivity index (χ0n) is 16.8. The molecule has 0 radical (unpaired) electrons. The lowest BCUT2D eigenvalue weighted by atomic mass is 10.1. The third-order valence-corrected chi connectivity index (χ3v) is 5.68. The van der Waals surface area contributed by atoms with E-state index in [0.717, 1.165) is 0 Å². The van der Waals surface area contributed by atoms with Crippen molar-refractivity contribution in [1.82, 2.24) is 0 Å². The molecule has 2 N–H and O–H groups in total. The molecule has 3 aromatic rings. The van der Waals surface area contributed by atoms with Gasteiger partial charge in [0.25, 0.3) is 15.9 Å². The summed E-state index contributed by atoms with van der Waals surface area (Å²) < 4.78 is 37.7. The smallest absolute Gasteiger partial charge is 0.337 e. The van der Waals surface area contributed by atoms with Gasteiger partial charge < -0.3 is 14.8 Å². The van der Waals surface area contributed by atoms with E-state index in [1.165, 1.54) is 56.7 Å². The first-order chi connectivity index (χ1) is 14.8. The maximum atomic E-state index is 12.8. The zero-order chi connectivity index (χ0) is 22.4. The van der Waals surface area contributed by atoms with Crippen LogP contribution in [-0.2, 0) is 14.8 Å². The van der Waals surface area contributed by atoms with E-state index in [9.17, 15) is 18.0 Å². The molecule has 8 nitrogen and oxygen atoms in total. The van der Waals surface area contributed by atoms with Crippen LogP contribution in [-0.4, -0.2) is 34.5 Å². The Balaban J connectivity index is 1.86. The monoisotopic (exact) mass is 440 g/mol. The summed E-state index contributed by atoms with van der Waals surface area (Å²) in [6.07, 6.45) is 0. The SMILES string of the molecule is COC(=O)c1ccc(OC)c(NC(=O)c2cccc(S(=O)(=O)Nc3ccccc3)c2)c1. The molecule has 0 atom stereocenters. The van der Waals surface area contributed by atoms with Crippen LogP contribution in [0.25, 0.3) is 0 Å².